The first kappa shape index (κ1) is 19.3. The Hall–Kier alpha value is -3.03. The Morgan fingerprint density at radius 3 is 2.42 bits per heavy atom. The van der Waals surface area contributed by atoms with Crippen LogP contribution in [0.1, 0.15) is 12.5 Å². The third kappa shape index (κ3) is 5.51. The van der Waals surface area contributed by atoms with E-state index in [0.717, 1.165) is 6.07 Å². The van der Waals surface area contributed by atoms with Crippen molar-refractivity contribution in [3.05, 3.63) is 60.3 Å². The van der Waals surface area contributed by atoms with Gasteiger partial charge in [-0.15, -0.1) is 0 Å². The Labute approximate surface area is 148 Å². The van der Waals surface area contributed by atoms with Crippen molar-refractivity contribution in [2.45, 2.75) is 19.2 Å². The molecule has 0 amide bonds. The van der Waals surface area contributed by atoms with E-state index in [2.05, 4.69) is 9.72 Å². The number of ether oxygens (including phenoxy) is 3. The van der Waals surface area contributed by atoms with Gasteiger partial charge in [0.2, 0.25) is 5.88 Å². The number of benzene rings is 1. The third-order valence-electron chi connectivity index (χ3n) is 3.14. The minimum absolute atomic E-state index is 0.180. The predicted octanol–water partition coefficient (Wildman–Crippen LogP) is 4.39. The molecule has 138 valence electrons. The highest BCUT2D eigenvalue weighted by Crippen LogP contribution is 2.36. The fraction of sp³-hybridized carbons (Fsp3) is 0.222. The maximum absolute atomic E-state index is 12.9. The summed E-state index contributed by atoms with van der Waals surface area (Å²) in [5, 5.41) is 0. The van der Waals surface area contributed by atoms with E-state index in [1.165, 1.54) is 55.8 Å². The lowest BCUT2D eigenvalue weighted by molar-refractivity contribution is -0.139. The summed E-state index contributed by atoms with van der Waals surface area (Å²) < 4.78 is 54.1. The van der Waals surface area contributed by atoms with E-state index in [0.29, 0.717) is 5.75 Å². The Morgan fingerprint density at radius 1 is 1.15 bits per heavy atom. The maximum atomic E-state index is 12.9. The molecule has 1 aromatic carbocycles. The Balaban J connectivity index is 2.05. The van der Waals surface area contributed by atoms with Gasteiger partial charge in [-0.25, -0.2) is 9.78 Å². The van der Waals surface area contributed by atoms with Gasteiger partial charge >= 0.3 is 12.1 Å². The van der Waals surface area contributed by atoms with Crippen molar-refractivity contribution in [3.8, 4) is 17.4 Å². The molecule has 0 radical (unpaired) electrons. The SMILES string of the molecule is COC(=O)C=CC(C)Oc1ccc(Oc2ncccc2C(F)(F)F)cc1. The van der Waals surface area contributed by atoms with E-state index >= 15 is 0 Å². The van der Waals surface area contributed by atoms with E-state index in [9.17, 15) is 18.0 Å². The Kier molecular flexibility index (Phi) is 6.21. The van der Waals surface area contributed by atoms with Gasteiger partial charge in [-0.2, -0.15) is 13.2 Å². The quantitative estimate of drug-likeness (QED) is 0.560. The highest BCUT2D eigenvalue weighted by atomic mass is 19.4. The van der Waals surface area contributed by atoms with Crippen LogP contribution >= 0.6 is 0 Å². The highest BCUT2D eigenvalue weighted by molar-refractivity contribution is 5.81. The van der Waals surface area contributed by atoms with E-state index in [1.807, 2.05) is 0 Å². The summed E-state index contributed by atoms with van der Waals surface area (Å²) in [6.45, 7) is 1.72. The summed E-state index contributed by atoms with van der Waals surface area (Å²) in [5.74, 6) is -0.390. The van der Waals surface area contributed by atoms with Gasteiger partial charge in [0, 0.05) is 12.3 Å². The van der Waals surface area contributed by atoms with Crippen LogP contribution in [0.2, 0.25) is 0 Å². The van der Waals surface area contributed by atoms with E-state index < -0.39 is 29.7 Å². The molecule has 5 nitrogen and oxygen atoms in total. The van der Waals surface area contributed by atoms with Crippen LogP contribution in [0.15, 0.2) is 54.7 Å². The molecule has 0 aliphatic heterocycles. The van der Waals surface area contributed by atoms with Crippen molar-refractivity contribution in [2.24, 2.45) is 0 Å². The van der Waals surface area contributed by atoms with Crippen molar-refractivity contribution < 1.29 is 32.2 Å². The molecule has 1 atom stereocenters. The number of pyridine rings is 1. The molecule has 0 N–H and O–H groups in total. The van der Waals surface area contributed by atoms with Crippen LogP contribution in [0.3, 0.4) is 0 Å². The summed E-state index contributed by atoms with van der Waals surface area (Å²) in [6, 6.07) is 8.08. The van der Waals surface area contributed by atoms with Gasteiger partial charge in [0.15, 0.2) is 0 Å². The number of nitrogens with zero attached hydrogens (tertiary/aromatic N) is 1. The summed E-state index contributed by atoms with van der Waals surface area (Å²) in [6.07, 6.45) is -0.999. The van der Waals surface area contributed by atoms with E-state index in [4.69, 9.17) is 9.47 Å². The molecule has 8 heteroatoms. The van der Waals surface area contributed by atoms with Crippen LogP contribution in [0.25, 0.3) is 0 Å². The zero-order chi connectivity index (χ0) is 19.2. The number of halogens is 3. The molecule has 26 heavy (non-hydrogen) atoms. The van der Waals surface area contributed by atoms with Gasteiger partial charge < -0.3 is 14.2 Å². The molecule has 1 aromatic heterocycles. The average Bonchev–Trinajstić information content (AvgIpc) is 2.61. The first-order chi connectivity index (χ1) is 12.3. The van der Waals surface area contributed by atoms with Gasteiger partial charge in [0.1, 0.15) is 23.2 Å². The molecule has 0 spiro atoms. The Bertz CT molecular complexity index is 773. The number of hydrogen-bond donors (Lipinski definition) is 0. The van der Waals surface area contributed by atoms with Crippen LogP contribution in [-0.2, 0) is 15.7 Å². The molecular formula is C18H16F3NO4. The number of carbonyl (C=O) groups is 1. The second kappa shape index (κ2) is 8.37. The summed E-state index contributed by atoms with van der Waals surface area (Å²) in [4.78, 5) is 14.7. The van der Waals surface area contributed by atoms with Crippen LogP contribution in [0.4, 0.5) is 13.2 Å². The largest absolute Gasteiger partial charge is 0.487 e. The molecular weight excluding hydrogens is 351 g/mol. The van der Waals surface area contributed by atoms with Gasteiger partial charge in [-0.05, 0) is 49.4 Å². The number of alkyl halides is 3. The molecule has 0 bridgehead atoms. The smallest absolute Gasteiger partial charge is 0.421 e. The first-order valence-electron chi connectivity index (χ1n) is 7.52. The molecule has 0 fully saturated rings. The number of methoxy groups -OCH3 is 1. The molecule has 2 aromatic rings. The van der Waals surface area contributed by atoms with Crippen molar-refractivity contribution in [1.82, 2.24) is 4.98 Å². The van der Waals surface area contributed by atoms with E-state index in [-0.39, 0.29) is 5.75 Å². The number of rotatable bonds is 6. The summed E-state index contributed by atoms with van der Waals surface area (Å²) >= 11 is 0. The number of esters is 1. The van der Waals surface area contributed by atoms with Crippen molar-refractivity contribution >= 4 is 5.97 Å². The fourth-order valence-corrected chi connectivity index (χ4v) is 1.92. The van der Waals surface area contributed by atoms with Crippen LogP contribution in [0.5, 0.6) is 17.4 Å². The monoisotopic (exact) mass is 367 g/mol. The standard InChI is InChI=1S/C18H16F3NO4/c1-12(5-10-16(23)24-2)25-13-6-8-14(9-7-13)26-17-15(18(19,20)21)4-3-11-22-17/h3-12H,1-2H3. The van der Waals surface area contributed by atoms with Crippen LogP contribution in [0, 0.1) is 0 Å². The number of hydrogen-bond acceptors (Lipinski definition) is 5. The topological polar surface area (TPSA) is 57.7 Å². The lowest BCUT2D eigenvalue weighted by atomic mass is 10.2. The first-order valence-corrected chi connectivity index (χ1v) is 7.52. The molecule has 0 aliphatic carbocycles. The lowest BCUT2D eigenvalue weighted by Gasteiger charge is -2.13. The second-order valence-electron chi connectivity index (χ2n) is 5.13. The predicted molar refractivity (Wildman–Crippen MR) is 87.0 cm³/mol. The van der Waals surface area contributed by atoms with Gasteiger partial charge in [0.05, 0.1) is 7.11 Å². The van der Waals surface area contributed by atoms with Crippen molar-refractivity contribution in [2.75, 3.05) is 7.11 Å². The summed E-state index contributed by atoms with van der Waals surface area (Å²) in [5.41, 5.74) is -0.957. The molecule has 1 unspecified atom stereocenters. The Morgan fingerprint density at radius 2 is 1.81 bits per heavy atom. The number of aromatic nitrogens is 1. The molecule has 1 heterocycles. The third-order valence-corrected chi connectivity index (χ3v) is 3.14. The van der Waals surface area contributed by atoms with E-state index in [1.54, 1.807) is 6.92 Å². The van der Waals surface area contributed by atoms with Gasteiger partial charge in [0.25, 0.3) is 0 Å². The molecule has 0 aliphatic rings. The highest BCUT2D eigenvalue weighted by Gasteiger charge is 2.35. The molecule has 0 saturated carbocycles. The van der Waals surface area contributed by atoms with Crippen molar-refractivity contribution in [3.63, 3.8) is 0 Å². The zero-order valence-corrected chi connectivity index (χ0v) is 14.0. The average molecular weight is 367 g/mol. The van der Waals surface area contributed by atoms with Gasteiger partial charge in [-0.3, -0.25) is 0 Å². The molecule has 0 saturated heterocycles. The zero-order valence-electron chi connectivity index (χ0n) is 14.0. The lowest BCUT2D eigenvalue weighted by Crippen LogP contribution is -2.09. The minimum atomic E-state index is -4.56. The normalized spacial score (nSPS) is 12.7. The van der Waals surface area contributed by atoms with Gasteiger partial charge in [-0.1, -0.05) is 0 Å². The minimum Gasteiger partial charge on any atom is -0.487 e. The number of carbonyl (C=O) groups excluding carboxylic acids is 1. The van der Waals surface area contributed by atoms with Crippen LogP contribution < -0.4 is 9.47 Å². The summed E-state index contributed by atoms with van der Waals surface area (Å²) in [7, 11) is 1.27. The van der Waals surface area contributed by atoms with Crippen LogP contribution in [-0.4, -0.2) is 24.2 Å². The van der Waals surface area contributed by atoms with Crippen molar-refractivity contribution in [1.29, 1.82) is 0 Å². The maximum Gasteiger partial charge on any atom is 0.421 e. The second-order valence-corrected chi connectivity index (χ2v) is 5.13. The molecule has 2 rings (SSSR count). The fourth-order valence-electron chi connectivity index (χ4n) is 1.92.